The van der Waals surface area contributed by atoms with Gasteiger partial charge in [0.1, 0.15) is 5.75 Å². The number of thioether (sulfide) groups is 1. The van der Waals surface area contributed by atoms with Crippen molar-refractivity contribution < 1.29 is 4.74 Å². The third-order valence-electron chi connectivity index (χ3n) is 4.73. The van der Waals surface area contributed by atoms with E-state index in [9.17, 15) is 0 Å². The summed E-state index contributed by atoms with van der Waals surface area (Å²) >= 11 is 1.60. The first kappa shape index (κ1) is 20.9. The Morgan fingerprint density at radius 2 is 1.74 bits per heavy atom. The highest BCUT2D eigenvalue weighted by Crippen LogP contribution is 2.29. The van der Waals surface area contributed by atoms with E-state index in [4.69, 9.17) is 10.6 Å². The minimum Gasteiger partial charge on any atom is -0.496 e. The van der Waals surface area contributed by atoms with Crippen LogP contribution in [-0.4, -0.2) is 47.9 Å². The van der Waals surface area contributed by atoms with Gasteiger partial charge in [0, 0.05) is 11.3 Å². The smallest absolute Gasteiger partial charge is 0.210 e. The number of tetrazole rings is 1. The van der Waals surface area contributed by atoms with Gasteiger partial charge in [-0.05, 0) is 30.2 Å². The molecule has 10 heteroatoms. The number of nitrogens with two attached hydrogens (primary N) is 1. The Balaban J connectivity index is 1.22. The summed E-state index contributed by atoms with van der Waals surface area (Å²) in [6, 6.07) is 17.5. The van der Waals surface area contributed by atoms with Gasteiger partial charge in [-0.2, -0.15) is 4.80 Å². The van der Waals surface area contributed by atoms with Crippen molar-refractivity contribution in [1.29, 1.82) is 0 Å². The summed E-state index contributed by atoms with van der Waals surface area (Å²) in [5, 5.41) is 21.9. The van der Waals surface area contributed by atoms with Gasteiger partial charge < -0.3 is 10.6 Å². The predicted molar refractivity (Wildman–Crippen MR) is 120 cm³/mol. The number of ether oxygens (including phenoxy) is 1. The van der Waals surface area contributed by atoms with Gasteiger partial charge >= 0.3 is 0 Å². The molecule has 0 amide bonds. The van der Waals surface area contributed by atoms with Crippen LogP contribution >= 0.6 is 11.8 Å². The number of unbranched alkanes of at least 4 members (excludes halogenated alkanes) is 2. The van der Waals surface area contributed by atoms with Crippen molar-refractivity contribution in [1.82, 2.24) is 35.1 Å². The molecular weight excluding hydrogens is 412 g/mol. The van der Waals surface area contributed by atoms with Gasteiger partial charge in [0.25, 0.3) is 0 Å². The maximum absolute atomic E-state index is 6.21. The average molecular weight is 437 g/mol. The molecule has 2 N–H and O–H groups in total. The number of aryl methyl sites for hydroxylation is 1. The summed E-state index contributed by atoms with van der Waals surface area (Å²) in [5.74, 6) is 9.08. The number of para-hydroxylation sites is 1. The summed E-state index contributed by atoms with van der Waals surface area (Å²) in [4.78, 5) is 1.66. The molecule has 0 saturated heterocycles. The van der Waals surface area contributed by atoms with Crippen LogP contribution < -0.4 is 10.6 Å². The van der Waals surface area contributed by atoms with E-state index >= 15 is 0 Å². The van der Waals surface area contributed by atoms with Crippen molar-refractivity contribution in [2.45, 2.75) is 31.0 Å². The van der Waals surface area contributed by atoms with Crippen molar-refractivity contribution >= 4 is 11.8 Å². The lowest BCUT2D eigenvalue weighted by Crippen LogP contribution is -2.12. The third-order valence-corrected chi connectivity index (χ3v) is 5.76. The molecule has 0 atom stereocenters. The lowest BCUT2D eigenvalue weighted by atomic mass is 10.2. The molecule has 0 unspecified atom stereocenters. The van der Waals surface area contributed by atoms with E-state index in [1.54, 1.807) is 23.7 Å². The highest BCUT2D eigenvalue weighted by molar-refractivity contribution is 7.99. The van der Waals surface area contributed by atoms with Crippen molar-refractivity contribution in [3.8, 4) is 28.5 Å². The number of benzene rings is 2. The van der Waals surface area contributed by atoms with Crippen LogP contribution in [0.4, 0.5) is 0 Å². The van der Waals surface area contributed by atoms with Crippen molar-refractivity contribution in [3.05, 3.63) is 54.6 Å². The predicted octanol–water partition coefficient (Wildman–Crippen LogP) is 3.28. The first-order chi connectivity index (χ1) is 15.3. The number of hydrogen-bond acceptors (Lipinski definition) is 8. The first-order valence-corrected chi connectivity index (χ1v) is 11.0. The van der Waals surface area contributed by atoms with Gasteiger partial charge in [0.15, 0.2) is 5.82 Å². The Kier molecular flexibility index (Phi) is 6.78. The topological polar surface area (TPSA) is 110 Å². The Morgan fingerprint density at radius 1 is 0.935 bits per heavy atom. The molecule has 0 bridgehead atoms. The van der Waals surface area contributed by atoms with Gasteiger partial charge in [-0.15, -0.1) is 20.4 Å². The Morgan fingerprint density at radius 3 is 2.58 bits per heavy atom. The van der Waals surface area contributed by atoms with Gasteiger partial charge in [-0.1, -0.05) is 60.6 Å². The van der Waals surface area contributed by atoms with E-state index in [-0.39, 0.29) is 0 Å². The van der Waals surface area contributed by atoms with Gasteiger partial charge in [-0.3, -0.25) is 0 Å². The van der Waals surface area contributed by atoms with Crippen LogP contribution in [0.2, 0.25) is 0 Å². The van der Waals surface area contributed by atoms with Crippen molar-refractivity contribution in [2.75, 3.05) is 18.7 Å². The molecule has 31 heavy (non-hydrogen) atoms. The molecule has 0 radical (unpaired) electrons. The molecule has 4 aromatic rings. The zero-order valence-electron chi connectivity index (χ0n) is 17.3. The lowest BCUT2D eigenvalue weighted by molar-refractivity contribution is 0.416. The molecule has 2 heterocycles. The zero-order chi connectivity index (χ0) is 21.5. The summed E-state index contributed by atoms with van der Waals surface area (Å²) in [6.07, 6.45) is 3.06. The van der Waals surface area contributed by atoms with Gasteiger partial charge in [-0.25, -0.2) is 4.68 Å². The number of nitrogens with zero attached hydrogens (tertiary/aromatic N) is 7. The summed E-state index contributed by atoms with van der Waals surface area (Å²) in [5.41, 5.74) is 1.80. The molecule has 160 valence electrons. The molecule has 0 aliphatic heterocycles. The third kappa shape index (κ3) is 5.02. The fourth-order valence-electron chi connectivity index (χ4n) is 3.12. The highest BCUT2D eigenvalue weighted by atomic mass is 32.2. The van der Waals surface area contributed by atoms with Crippen LogP contribution in [-0.2, 0) is 6.54 Å². The molecule has 0 aliphatic rings. The second-order valence-corrected chi connectivity index (χ2v) is 7.92. The number of nitrogen functional groups attached to an aromatic ring is 1. The maximum atomic E-state index is 6.21. The van der Waals surface area contributed by atoms with Crippen LogP contribution in [0.25, 0.3) is 22.8 Å². The van der Waals surface area contributed by atoms with Crippen LogP contribution in [0, 0.1) is 0 Å². The van der Waals surface area contributed by atoms with Crippen LogP contribution in [0.1, 0.15) is 19.3 Å². The number of methoxy groups -OCH3 is 1. The van der Waals surface area contributed by atoms with E-state index in [2.05, 4.69) is 25.6 Å². The van der Waals surface area contributed by atoms with Crippen LogP contribution in [0.15, 0.2) is 59.8 Å². The van der Waals surface area contributed by atoms with E-state index in [0.29, 0.717) is 16.8 Å². The molecule has 2 aromatic heterocycles. The lowest BCUT2D eigenvalue weighted by Gasteiger charge is -2.07. The zero-order valence-corrected chi connectivity index (χ0v) is 18.1. The maximum Gasteiger partial charge on any atom is 0.210 e. The minimum absolute atomic E-state index is 0.589. The molecular formula is C21H24N8OS. The monoisotopic (exact) mass is 436 g/mol. The van der Waals surface area contributed by atoms with E-state index in [1.807, 2.05) is 54.6 Å². The molecule has 0 fully saturated rings. The summed E-state index contributed by atoms with van der Waals surface area (Å²) in [6.45, 7) is 0.746. The standard InChI is InChI=1S/C21H24N8OS/c1-30-18-13-7-6-12-17(18)20-24-25-21(29(20)22)31-15-9-3-8-14-28-26-19(23-27-28)16-10-4-2-5-11-16/h2,4-7,10-13H,3,8-9,14-15,22H2,1H3. The minimum atomic E-state index is 0.589. The fraction of sp³-hybridized carbons (Fsp3) is 0.286. The fourth-order valence-corrected chi connectivity index (χ4v) is 3.98. The van der Waals surface area contributed by atoms with Gasteiger partial charge in [0.05, 0.1) is 19.2 Å². The average Bonchev–Trinajstić information content (AvgIpc) is 3.43. The summed E-state index contributed by atoms with van der Waals surface area (Å²) in [7, 11) is 1.63. The van der Waals surface area contributed by atoms with Crippen LogP contribution in [0.5, 0.6) is 5.75 Å². The Hall–Kier alpha value is -3.40. The van der Waals surface area contributed by atoms with Gasteiger partial charge in [0.2, 0.25) is 11.0 Å². The second kappa shape index (κ2) is 10.1. The largest absolute Gasteiger partial charge is 0.496 e. The van der Waals surface area contributed by atoms with E-state index < -0.39 is 0 Å². The molecule has 0 saturated carbocycles. The highest BCUT2D eigenvalue weighted by Gasteiger charge is 2.15. The van der Waals surface area contributed by atoms with E-state index in [0.717, 1.165) is 48.4 Å². The first-order valence-electron chi connectivity index (χ1n) is 10.1. The quantitative estimate of drug-likeness (QED) is 0.229. The molecule has 0 spiro atoms. The van der Waals surface area contributed by atoms with Crippen LogP contribution in [0.3, 0.4) is 0 Å². The number of aromatic nitrogens is 7. The normalized spacial score (nSPS) is 11.0. The molecule has 2 aromatic carbocycles. The molecule has 0 aliphatic carbocycles. The number of rotatable bonds is 10. The SMILES string of the molecule is COc1ccccc1-c1nnc(SCCCCCn2nnc(-c3ccccc3)n2)n1N. The Labute approximate surface area is 184 Å². The molecule has 9 nitrogen and oxygen atoms in total. The summed E-state index contributed by atoms with van der Waals surface area (Å²) < 4.78 is 6.91. The van der Waals surface area contributed by atoms with Crippen molar-refractivity contribution in [3.63, 3.8) is 0 Å². The second-order valence-electron chi connectivity index (χ2n) is 6.86. The van der Waals surface area contributed by atoms with E-state index in [1.165, 1.54) is 4.68 Å². The molecule has 4 rings (SSSR count). The number of hydrogen-bond donors (Lipinski definition) is 1. The van der Waals surface area contributed by atoms with Crippen molar-refractivity contribution in [2.24, 2.45) is 0 Å². The Bertz CT molecular complexity index is 1110.